The van der Waals surface area contributed by atoms with Crippen LogP contribution in [0.3, 0.4) is 0 Å². The Morgan fingerprint density at radius 2 is 1.92 bits per heavy atom. The highest BCUT2D eigenvalue weighted by Crippen LogP contribution is 2.44. The van der Waals surface area contributed by atoms with Crippen molar-refractivity contribution in [1.29, 1.82) is 5.26 Å². The topological polar surface area (TPSA) is 44.0 Å². The van der Waals surface area contributed by atoms with E-state index in [9.17, 15) is 5.11 Å². The number of rotatable bonds is 0. The first-order chi connectivity index (χ1) is 6.25. The molecule has 1 N–H and O–H groups in total. The Bertz CT molecular complexity index is 367. The van der Waals surface area contributed by atoms with Crippen molar-refractivity contribution in [2.45, 2.75) is 18.9 Å². The fourth-order valence-electron chi connectivity index (χ4n) is 2.00. The van der Waals surface area contributed by atoms with E-state index in [1.807, 2.05) is 31.2 Å². The van der Waals surface area contributed by atoms with Crippen molar-refractivity contribution >= 4 is 0 Å². The van der Waals surface area contributed by atoms with Crippen LogP contribution in [0.4, 0.5) is 0 Å². The molecule has 1 aromatic carbocycles. The van der Waals surface area contributed by atoms with Crippen LogP contribution in [0.15, 0.2) is 24.3 Å². The average Bonchev–Trinajstić information content (AvgIpc) is 2.41. The Kier molecular flexibility index (Phi) is 1.82. The summed E-state index contributed by atoms with van der Waals surface area (Å²) in [7, 11) is 0. The van der Waals surface area contributed by atoms with E-state index in [-0.39, 0.29) is 11.8 Å². The lowest BCUT2D eigenvalue weighted by Crippen LogP contribution is -2.05. The molecule has 0 unspecified atom stereocenters. The van der Waals surface area contributed by atoms with Crippen molar-refractivity contribution in [2.24, 2.45) is 5.92 Å². The first kappa shape index (κ1) is 8.28. The van der Waals surface area contributed by atoms with Crippen LogP contribution in [0.25, 0.3) is 0 Å². The molecular formula is C11H11NO. The van der Waals surface area contributed by atoms with Gasteiger partial charge in [0, 0.05) is 5.92 Å². The van der Waals surface area contributed by atoms with E-state index in [1.54, 1.807) is 0 Å². The van der Waals surface area contributed by atoms with Crippen LogP contribution in [0, 0.1) is 17.2 Å². The Morgan fingerprint density at radius 1 is 1.31 bits per heavy atom. The number of nitrogens with zero attached hydrogens (tertiary/aromatic N) is 1. The summed E-state index contributed by atoms with van der Waals surface area (Å²) in [4.78, 5) is 0. The van der Waals surface area contributed by atoms with Gasteiger partial charge in [-0.3, -0.25) is 0 Å². The van der Waals surface area contributed by atoms with Gasteiger partial charge in [-0.15, -0.1) is 0 Å². The van der Waals surface area contributed by atoms with E-state index in [0.717, 1.165) is 11.1 Å². The van der Waals surface area contributed by atoms with Crippen LogP contribution in [0.1, 0.15) is 30.1 Å². The maximum absolute atomic E-state index is 9.80. The highest BCUT2D eigenvalue weighted by molar-refractivity contribution is 5.41. The zero-order valence-corrected chi connectivity index (χ0v) is 7.44. The quantitative estimate of drug-likeness (QED) is 0.652. The smallest absolute Gasteiger partial charge is 0.0834 e. The van der Waals surface area contributed by atoms with Crippen molar-refractivity contribution in [1.82, 2.24) is 0 Å². The molecule has 13 heavy (non-hydrogen) atoms. The van der Waals surface area contributed by atoms with Gasteiger partial charge in [-0.1, -0.05) is 31.2 Å². The standard InChI is InChI=1S/C11H11NO/c1-7-10(6-12)8-4-2-3-5-9(8)11(7)13/h2-5,7,10-11,13H,1H3/t7-,10+,11-/m0/s1. The van der Waals surface area contributed by atoms with Gasteiger partial charge in [0.25, 0.3) is 0 Å². The molecule has 66 valence electrons. The van der Waals surface area contributed by atoms with Crippen molar-refractivity contribution in [2.75, 3.05) is 0 Å². The molecule has 0 aliphatic heterocycles. The fourth-order valence-corrected chi connectivity index (χ4v) is 2.00. The summed E-state index contributed by atoms with van der Waals surface area (Å²) in [6, 6.07) is 9.87. The van der Waals surface area contributed by atoms with Gasteiger partial charge in [0.05, 0.1) is 18.1 Å². The first-order valence-electron chi connectivity index (χ1n) is 4.42. The zero-order valence-electron chi connectivity index (χ0n) is 7.44. The molecule has 0 spiro atoms. The maximum Gasteiger partial charge on any atom is 0.0834 e. The molecule has 2 heteroatoms. The van der Waals surface area contributed by atoms with E-state index in [1.165, 1.54) is 0 Å². The number of hydrogen-bond acceptors (Lipinski definition) is 2. The molecule has 1 aliphatic rings. The lowest BCUT2D eigenvalue weighted by Gasteiger charge is -2.10. The third-order valence-electron chi connectivity index (χ3n) is 2.81. The molecule has 2 rings (SSSR count). The molecule has 1 aromatic rings. The molecule has 1 aliphatic carbocycles. The molecule has 0 saturated heterocycles. The predicted molar refractivity (Wildman–Crippen MR) is 48.9 cm³/mol. The Labute approximate surface area is 77.4 Å². The van der Waals surface area contributed by atoms with E-state index >= 15 is 0 Å². The number of aliphatic hydroxyl groups excluding tert-OH is 1. The molecule has 0 amide bonds. The Morgan fingerprint density at radius 3 is 2.54 bits per heavy atom. The summed E-state index contributed by atoms with van der Waals surface area (Å²) >= 11 is 0. The fraction of sp³-hybridized carbons (Fsp3) is 0.364. The molecular weight excluding hydrogens is 162 g/mol. The number of fused-ring (bicyclic) bond motifs is 1. The second kappa shape index (κ2) is 2.86. The third kappa shape index (κ3) is 1.05. The highest BCUT2D eigenvalue weighted by atomic mass is 16.3. The number of hydrogen-bond donors (Lipinski definition) is 1. The minimum Gasteiger partial charge on any atom is -0.388 e. The summed E-state index contributed by atoms with van der Waals surface area (Å²) in [5, 5.41) is 18.7. The zero-order chi connectivity index (χ0) is 9.42. The average molecular weight is 173 g/mol. The summed E-state index contributed by atoms with van der Waals surface area (Å²) in [6.07, 6.45) is -0.471. The summed E-state index contributed by atoms with van der Waals surface area (Å²) in [5.41, 5.74) is 1.91. The van der Waals surface area contributed by atoms with Gasteiger partial charge in [-0.2, -0.15) is 5.26 Å². The molecule has 0 saturated carbocycles. The van der Waals surface area contributed by atoms with E-state index in [4.69, 9.17) is 5.26 Å². The lowest BCUT2D eigenvalue weighted by molar-refractivity contribution is 0.128. The van der Waals surface area contributed by atoms with Gasteiger partial charge >= 0.3 is 0 Å². The van der Waals surface area contributed by atoms with Crippen LogP contribution < -0.4 is 0 Å². The minimum atomic E-state index is -0.471. The third-order valence-corrected chi connectivity index (χ3v) is 2.81. The minimum absolute atomic E-state index is 0.0161. The van der Waals surface area contributed by atoms with Gasteiger partial charge in [-0.05, 0) is 11.1 Å². The summed E-state index contributed by atoms with van der Waals surface area (Å²) < 4.78 is 0. The maximum atomic E-state index is 9.80. The van der Waals surface area contributed by atoms with Gasteiger partial charge in [0.1, 0.15) is 0 Å². The van der Waals surface area contributed by atoms with Gasteiger partial charge in [0.15, 0.2) is 0 Å². The number of aliphatic hydroxyl groups is 1. The van der Waals surface area contributed by atoms with Gasteiger partial charge in [-0.25, -0.2) is 0 Å². The molecule has 2 nitrogen and oxygen atoms in total. The van der Waals surface area contributed by atoms with Gasteiger partial charge < -0.3 is 5.11 Å². The monoisotopic (exact) mass is 173 g/mol. The van der Waals surface area contributed by atoms with Crippen LogP contribution >= 0.6 is 0 Å². The SMILES string of the molecule is C[C@@H]1[C@H](O)c2ccccc2[C@@H]1C#N. The lowest BCUT2D eigenvalue weighted by atomic mass is 9.95. The van der Waals surface area contributed by atoms with Crippen LogP contribution in [-0.4, -0.2) is 5.11 Å². The molecule has 0 radical (unpaired) electrons. The Balaban J connectivity index is 2.55. The molecule has 3 atom stereocenters. The van der Waals surface area contributed by atoms with Crippen LogP contribution in [-0.2, 0) is 0 Å². The molecule has 0 heterocycles. The van der Waals surface area contributed by atoms with E-state index < -0.39 is 6.10 Å². The van der Waals surface area contributed by atoms with Crippen molar-refractivity contribution in [3.63, 3.8) is 0 Å². The molecule has 0 aromatic heterocycles. The Hall–Kier alpha value is -1.33. The molecule has 0 fully saturated rings. The summed E-state index contributed by atoms with van der Waals surface area (Å²) in [5.74, 6) is -0.131. The summed E-state index contributed by atoms with van der Waals surface area (Å²) in [6.45, 7) is 1.92. The van der Waals surface area contributed by atoms with E-state index in [0.29, 0.717) is 0 Å². The number of nitriles is 1. The van der Waals surface area contributed by atoms with Crippen LogP contribution in [0.2, 0.25) is 0 Å². The normalized spacial score (nSPS) is 31.0. The van der Waals surface area contributed by atoms with Gasteiger partial charge in [0.2, 0.25) is 0 Å². The second-order valence-corrected chi connectivity index (χ2v) is 3.54. The van der Waals surface area contributed by atoms with Crippen molar-refractivity contribution in [3.05, 3.63) is 35.4 Å². The number of benzene rings is 1. The van der Waals surface area contributed by atoms with E-state index in [2.05, 4.69) is 6.07 Å². The second-order valence-electron chi connectivity index (χ2n) is 3.54. The van der Waals surface area contributed by atoms with Crippen LogP contribution in [0.5, 0.6) is 0 Å². The largest absolute Gasteiger partial charge is 0.388 e. The van der Waals surface area contributed by atoms with Crippen molar-refractivity contribution in [3.8, 4) is 6.07 Å². The van der Waals surface area contributed by atoms with Crippen molar-refractivity contribution < 1.29 is 5.11 Å². The molecule has 0 bridgehead atoms. The first-order valence-corrected chi connectivity index (χ1v) is 4.42. The predicted octanol–water partition coefficient (Wildman–Crippen LogP) is 1.98. The highest BCUT2D eigenvalue weighted by Gasteiger charge is 2.36.